The number of carboxylic acid groups (broad SMARTS) is 1. The first-order chi connectivity index (χ1) is 8.93. The highest BCUT2D eigenvalue weighted by atomic mass is 16.4. The average Bonchev–Trinajstić information content (AvgIpc) is 2.36. The Morgan fingerprint density at radius 2 is 1.79 bits per heavy atom. The molecule has 0 fully saturated rings. The van der Waals surface area contributed by atoms with Crippen LogP contribution in [0.3, 0.4) is 0 Å². The standard InChI is InChI=1S/C13H19N3O3/c1-4-16(9-12(17)18)13(19)14-10-5-7-11(8-6-10)15(2)3/h5-8H,4,9H2,1-3H3,(H,14,19)(H,17,18). The molecule has 0 radical (unpaired) electrons. The van der Waals surface area contributed by atoms with Crippen LogP contribution in [-0.4, -0.2) is 49.2 Å². The molecule has 0 saturated carbocycles. The molecule has 2 N–H and O–H groups in total. The second kappa shape index (κ2) is 6.63. The molecule has 0 bridgehead atoms. The zero-order valence-corrected chi connectivity index (χ0v) is 11.4. The Balaban J connectivity index is 2.67. The van der Waals surface area contributed by atoms with Crippen LogP contribution in [0.5, 0.6) is 0 Å². The largest absolute Gasteiger partial charge is 0.480 e. The maximum atomic E-state index is 11.8. The van der Waals surface area contributed by atoms with Gasteiger partial charge in [-0.25, -0.2) is 4.79 Å². The van der Waals surface area contributed by atoms with Crippen LogP contribution in [0.15, 0.2) is 24.3 Å². The van der Waals surface area contributed by atoms with E-state index in [1.54, 1.807) is 19.1 Å². The number of aliphatic carboxylic acids is 1. The van der Waals surface area contributed by atoms with E-state index < -0.39 is 12.0 Å². The van der Waals surface area contributed by atoms with Gasteiger partial charge in [0.05, 0.1) is 0 Å². The number of nitrogens with one attached hydrogen (secondary N) is 1. The molecule has 0 aliphatic rings. The van der Waals surface area contributed by atoms with Crippen LogP contribution >= 0.6 is 0 Å². The van der Waals surface area contributed by atoms with Crippen LogP contribution < -0.4 is 10.2 Å². The summed E-state index contributed by atoms with van der Waals surface area (Å²) in [5.41, 5.74) is 1.66. The summed E-state index contributed by atoms with van der Waals surface area (Å²) in [6, 6.07) is 6.90. The van der Waals surface area contributed by atoms with Crippen molar-refractivity contribution in [1.82, 2.24) is 4.90 Å². The van der Waals surface area contributed by atoms with E-state index in [1.807, 2.05) is 31.1 Å². The van der Waals surface area contributed by atoms with E-state index in [0.29, 0.717) is 12.2 Å². The van der Waals surface area contributed by atoms with Gasteiger partial charge in [-0.2, -0.15) is 0 Å². The van der Waals surface area contributed by atoms with E-state index in [9.17, 15) is 9.59 Å². The average molecular weight is 265 g/mol. The molecule has 0 saturated heterocycles. The van der Waals surface area contributed by atoms with Gasteiger partial charge in [0, 0.05) is 32.0 Å². The SMILES string of the molecule is CCN(CC(=O)O)C(=O)Nc1ccc(N(C)C)cc1. The third kappa shape index (κ3) is 4.50. The van der Waals surface area contributed by atoms with Crippen molar-refractivity contribution in [2.75, 3.05) is 37.4 Å². The minimum absolute atomic E-state index is 0.307. The number of hydrogen-bond donors (Lipinski definition) is 2. The van der Waals surface area contributed by atoms with Gasteiger partial charge in [0.15, 0.2) is 0 Å². The predicted octanol–water partition coefficient (Wildman–Crippen LogP) is 1.69. The van der Waals surface area contributed by atoms with Crippen molar-refractivity contribution in [3.05, 3.63) is 24.3 Å². The van der Waals surface area contributed by atoms with Crippen LogP contribution in [0, 0.1) is 0 Å². The molecule has 0 atom stereocenters. The number of carbonyl (C=O) groups excluding carboxylic acids is 1. The monoisotopic (exact) mass is 265 g/mol. The maximum Gasteiger partial charge on any atom is 0.323 e. The van der Waals surface area contributed by atoms with Crippen LogP contribution in [-0.2, 0) is 4.79 Å². The summed E-state index contributed by atoms with van der Waals surface area (Å²) in [7, 11) is 3.86. The molecule has 1 aromatic rings. The third-order valence-corrected chi connectivity index (χ3v) is 2.63. The summed E-state index contributed by atoms with van der Waals surface area (Å²) in [5, 5.41) is 11.4. The number of carboxylic acids is 1. The number of rotatable bonds is 5. The minimum atomic E-state index is -1.03. The Morgan fingerprint density at radius 3 is 2.21 bits per heavy atom. The Hall–Kier alpha value is -2.24. The second-order valence-electron chi connectivity index (χ2n) is 4.28. The highest BCUT2D eigenvalue weighted by Crippen LogP contribution is 2.15. The molecule has 104 valence electrons. The minimum Gasteiger partial charge on any atom is -0.480 e. The van der Waals surface area contributed by atoms with Gasteiger partial charge in [0.2, 0.25) is 0 Å². The fourth-order valence-corrected chi connectivity index (χ4v) is 1.54. The van der Waals surface area contributed by atoms with Gasteiger partial charge in [0.1, 0.15) is 6.54 Å². The summed E-state index contributed by atoms with van der Waals surface area (Å²) in [5.74, 6) is -1.03. The Labute approximate surface area is 112 Å². The summed E-state index contributed by atoms with van der Waals surface area (Å²) in [4.78, 5) is 25.6. The summed E-state index contributed by atoms with van der Waals surface area (Å²) < 4.78 is 0. The van der Waals surface area contributed by atoms with Crippen LogP contribution in [0.2, 0.25) is 0 Å². The van der Waals surface area contributed by atoms with Crippen molar-refractivity contribution in [3.63, 3.8) is 0 Å². The third-order valence-electron chi connectivity index (χ3n) is 2.63. The van der Waals surface area contributed by atoms with Gasteiger partial charge >= 0.3 is 12.0 Å². The number of amides is 2. The van der Waals surface area contributed by atoms with Gasteiger partial charge in [-0.1, -0.05) is 0 Å². The fraction of sp³-hybridized carbons (Fsp3) is 0.385. The van der Waals surface area contributed by atoms with Crippen molar-refractivity contribution in [2.24, 2.45) is 0 Å². The lowest BCUT2D eigenvalue weighted by molar-refractivity contribution is -0.137. The molecule has 6 heteroatoms. The topological polar surface area (TPSA) is 72.9 Å². The van der Waals surface area contributed by atoms with Crippen molar-refractivity contribution < 1.29 is 14.7 Å². The van der Waals surface area contributed by atoms with E-state index in [1.165, 1.54) is 4.90 Å². The fourth-order valence-electron chi connectivity index (χ4n) is 1.54. The molecule has 0 aliphatic heterocycles. The molecule has 0 spiro atoms. The molecular weight excluding hydrogens is 246 g/mol. The zero-order valence-electron chi connectivity index (χ0n) is 11.4. The van der Waals surface area contributed by atoms with Crippen LogP contribution in [0.4, 0.5) is 16.2 Å². The quantitative estimate of drug-likeness (QED) is 0.849. The molecule has 1 aromatic carbocycles. The molecule has 2 amide bonds. The lowest BCUT2D eigenvalue weighted by Gasteiger charge is -2.19. The molecular formula is C13H19N3O3. The van der Waals surface area contributed by atoms with E-state index in [0.717, 1.165) is 5.69 Å². The Morgan fingerprint density at radius 1 is 1.21 bits per heavy atom. The Kier molecular flexibility index (Phi) is 5.17. The molecule has 0 unspecified atom stereocenters. The van der Waals surface area contributed by atoms with E-state index in [-0.39, 0.29) is 6.54 Å². The summed E-state index contributed by atoms with van der Waals surface area (Å²) in [6.45, 7) is 1.77. The van der Waals surface area contributed by atoms with E-state index in [4.69, 9.17) is 5.11 Å². The highest BCUT2D eigenvalue weighted by Gasteiger charge is 2.14. The zero-order chi connectivity index (χ0) is 14.4. The van der Waals surface area contributed by atoms with E-state index >= 15 is 0 Å². The van der Waals surface area contributed by atoms with Gasteiger partial charge in [0.25, 0.3) is 0 Å². The number of hydrogen-bond acceptors (Lipinski definition) is 3. The first-order valence-corrected chi connectivity index (χ1v) is 5.99. The van der Waals surface area contributed by atoms with Crippen molar-refractivity contribution >= 4 is 23.4 Å². The van der Waals surface area contributed by atoms with E-state index in [2.05, 4.69) is 5.32 Å². The summed E-state index contributed by atoms with van der Waals surface area (Å²) >= 11 is 0. The molecule has 1 rings (SSSR count). The first-order valence-electron chi connectivity index (χ1n) is 5.99. The molecule has 6 nitrogen and oxygen atoms in total. The van der Waals surface area contributed by atoms with Crippen molar-refractivity contribution in [3.8, 4) is 0 Å². The normalized spacial score (nSPS) is 9.84. The molecule has 19 heavy (non-hydrogen) atoms. The number of urea groups is 1. The number of anilines is 2. The van der Waals surface area contributed by atoms with Crippen molar-refractivity contribution in [2.45, 2.75) is 6.92 Å². The molecule has 0 heterocycles. The number of carbonyl (C=O) groups is 2. The summed E-state index contributed by atoms with van der Waals surface area (Å²) in [6.07, 6.45) is 0. The maximum absolute atomic E-state index is 11.8. The first kappa shape index (κ1) is 14.8. The lowest BCUT2D eigenvalue weighted by atomic mass is 10.2. The molecule has 0 aliphatic carbocycles. The van der Waals surface area contributed by atoms with Crippen LogP contribution in [0.1, 0.15) is 6.92 Å². The second-order valence-corrected chi connectivity index (χ2v) is 4.28. The number of likely N-dealkylation sites (N-methyl/N-ethyl adjacent to an activating group) is 1. The van der Waals surface area contributed by atoms with Gasteiger partial charge in [-0.15, -0.1) is 0 Å². The Bertz CT molecular complexity index is 443. The number of nitrogens with zero attached hydrogens (tertiary/aromatic N) is 2. The van der Waals surface area contributed by atoms with Gasteiger partial charge in [-0.3, -0.25) is 4.79 Å². The predicted molar refractivity (Wildman–Crippen MR) is 74.7 cm³/mol. The highest BCUT2D eigenvalue weighted by molar-refractivity contribution is 5.91. The van der Waals surface area contributed by atoms with Gasteiger partial charge < -0.3 is 20.2 Å². The molecule has 0 aromatic heterocycles. The number of benzene rings is 1. The van der Waals surface area contributed by atoms with Gasteiger partial charge in [-0.05, 0) is 31.2 Å². The smallest absolute Gasteiger partial charge is 0.323 e. The van der Waals surface area contributed by atoms with Crippen LogP contribution in [0.25, 0.3) is 0 Å². The van der Waals surface area contributed by atoms with Crippen molar-refractivity contribution in [1.29, 1.82) is 0 Å². The lowest BCUT2D eigenvalue weighted by Crippen LogP contribution is -2.38.